The molecule has 0 bridgehead atoms. The number of nitro groups is 1. The van der Waals surface area contributed by atoms with Crippen LogP contribution in [0, 0.1) is 21.4 Å². The molecule has 2 aromatic rings. The van der Waals surface area contributed by atoms with Gasteiger partial charge in [0, 0.05) is 44.2 Å². The van der Waals surface area contributed by atoms with Gasteiger partial charge in [0.05, 0.1) is 16.2 Å². The first-order chi connectivity index (χ1) is 12.8. The van der Waals surface area contributed by atoms with Gasteiger partial charge in [-0.05, 0) is 24.3 Å². The van der Waals surface area contributed by atoms with Crippen LogP contribution in [-0.4, -0.2) is 45.8 Å². The molecule has 0 spiro atoms. The van der Waals surface area contributed by atoms with Crippen LogP contribution >= 0.6 is 0 Å². The summed E-state index contributed by atoms with van der Waals surface area (Å²) in [6.45, 7) is 2.54. The molecule has 0 N–H and O–H groups in total. The molecule has 1 heterocycles. The van der Waals surface area contributed by atoms with Crippen LogP contribution < -0.4 is 9.80 Å². The van der Waals surface area contributed by atoms with E-state index in [4.69, 9.17) is 0 Å². The highest BCUT2D eigenvalue weighted by atomic mass is 32.2. The number of piperazine rings is 1. The highest BCUT2D eigenvalue weighted by Crippen LogP contribution is 2.30. The van der Waals surface area contributed by atoms with E-state index in [1.54, 1.807) is 12.1 Å². The van der Waals surface area contributed by atoms with Crippen LogP contribution in [0.2, 0.25) is 0 Å². The molecule has 0 radical (unpaired) electrons. The number of rotatable bonds is 4. The number of hydrogen-bond acceptors (Lipinski definition) is 7. The molecule has 8 nitrogen and oxygen atoms in total. The van der Waals surface area contributed by atoms with E-state index >= 15 is 0 Å². The summed E-state index contributed by atoms with van der Waals surface area (Å²) in [5, 5.41) is 20.4. The van der Waals surface area contributed by atoms with E-state index in [0.29, 0.717) is 37.4 Å². The molecule has 0 aliphatic carbocycles. The molecule has 0 saturated carbocycles. The second-order valence-corrected chi connectivity index (χ2v) is 8.27. The Morgan fingerprint density at radius 2 is 1.70 bits per heavy atom. The van der Waals surface area contributed by atoms with Crippen molar-refractivity contribution < 1.29 is 13.3 Å². The quantitative estimate of drug-likeness (QED) is 0.585. The smallest absolute Gasteiger partial charge is 0.288 e. The molecule has 2 aromatic carbocycles. The molecular weight excluding hydrogens is 368 g/mol. The fraction of sp³-hybridized carbons (Fsp3) is 0.278. The lowest BCUT2D eigenvalue weighted by atomic mass is 10.1. The Balaban J connectivity index is 1.82. The summed E-state index contributed by atoms with van der Waals surface area (Å²) in [5.41, 5.74) is 1.71. The maximum Gasteiger partial charge on any atom is 0.288 e. The minimum Gasteiger partial charge on any atom is -0.368 e. The molecule has 1 fully saturated rings. The van der Waals surface area contributed by atoms with Crippen LogP contribution in [0.1, 0.15) is 5.56 Å². The zero-order valence-electron chi connectivity index (χ0n) is 14.7. The van der Waals surface area contributed by atoms with Crippen molar-refractivity contribution in [3.63, 3.8) is 0 Å². The van der Waals surface area contributed by atoms with Gasteiger partial charge in [-0.3, -0.25) is 10.1 Å². The summed E-state index contributed by atoms with van der Waals surface area (Å²) in [6, 6.07) is 13.8. The lowest BCUT2D eigenvalue weighted by Gasteiger charge is -2.37. The number of nitro benzene ring substituents is 1. The molecule has 0 atom stereocenters. The zero-order chi connectivity index (χ0) is 19.6. The lowest BCUT2D eigenvalue weighted by Crippen LogP contribution is -2.46. The van der Waals surface area contributed by atoms with Crippen LogP contribution in [0.5, 0.6) is 0 Å². The van der Waals surface area contributed by atoms with Crippen molar-refractivity contribution in [2.45, 2.75) is 4.90 Å². The van der Waals surface area contributed by atoms with E-state index in [1.165, 1.54) is 12.1 Å². The van der Waals surface area contributed by atoms with E-state index in [2.05, 4.69) is 11.0 Å². The van der Waals surface area contributed by atoms with Crippen molar-refractivity contribution in [1.82, 2.24) is 0 Å². The number of para-hydroxylation sites is 1. The van der Waals surface area contributed by atoms with Gasteiger partial charge in [0.25, 0.3) is 5.69 Å². The van der Waals surface area contributed by atoms with E-state index in [1.807, 2.05) is 23.1 Å². The van der Waals surface area contributed by atoms with Gasteiger partial charge < -0.3 is 9.80 Å². The maximum absolute atomic E-state index is 11.9. The van der Waals surface area contributed by atoms with Crippen molar-refractivity contribution in [1.29, 1.82) is 5.26 Å². The Hall–Kier alpha value is -3.12. The number of anilines is 2. The Labute approximate surface area is 157 Å². The normalized spacial score (nSPS) is 14.7. The van der Waals surface area contributed by atoms with E-state index < -0.39 is 20.4 Å². The molecule has 140 valence electrons. The lowest BCUT2D eigenvalue weighted by molar-refractivity contribution is -0.387. The molecule has 0 amide bonds. The van der Waals surface area contributed by atoms with E-state index in [-0.39, 0.29) is 4.90 Å². The van der Waals surface area contributed by atoms with E-state index in [0.717, 1.165) is 11.9 Å². The predicted molar refractivity (Wildman–Crippen MR) is 102 cm³/mol. The van der Waals surface area contributed by atoms with Crippen LogP contribution in [0.25, 0.3) is 0 Å². The first-order valence-corrected chi connectivity index (χ1v) is 10.2. The van der Waals surface area contributed by atoms with E-state index in [9.17, 15) is 23.8 Å². The number of benzene rings is 2. The summed E-state index contributed by atoms with van der Waals surface area (Å²) in [6.07, 6.45) is 0.968. The second-order valence-electron chi connectivity index (χ2n) is 6.28. The minimum atomic E-state index is -3.72. The Morgan fingerprint density at radius 1 is 1.07 bits per heavy atom. The van der Waals surface area contributed by atoms with Crippen LogP contribution in [-0.2, 0) is 9.84 Å². The summed E-state index contributed by atoms with van der Waals surface area (Å²) in [7, 11) is -3.72. The number of hydrogen-bond donors (Lipinski definition) is 0. The molecule has 3 rings (SSSR count). The first-order valence-electron chi connectivity index (χ1n) is 8.29. The van der Waals surface area contributed by atoms with Gasteiger partial charge in [-0.15, -0.1) is 0 Å². The van der Waals surface area contributed by atoms with Gasteiger partial charge >= 0.3 is 0 Å². The fourth-order valence-electron chi connectivity index (χ4n) is 3.20. The first kappa shape index (κ1) is 18.7. The topological polar surface area (TPSA) is 108 Å². The fourth-order valence-corrected chi connectivity index (χ4v) is 4.05. The SMILES string of the molecule is CS(=O)(=O)c1cc(N2CCN(c3ccccc3C#N)CC2)ccc1[N+](=O)[O-]. The van der Waals surface area contributed by atoms with Crippen molar-refractivity contribution >= 4 is 26.9 Å². The maximum atomic E-state index is 11.9. The van der Waals surface area contributed by atoms with Crippen molar-refractivity contribution in [3.8, 4) is 6.07 Å². The van der Waals surface area contributed by atoms with Gasteiger partial charge in [0.15, 0.2) is 9.84 Å². The molecule has 0 aromatic heterocycles. The molecule has 1 saturated heterocycles. The monoisotopic (exact) mass is 386 g/mol. The van der Waals surface area contributed by atoms with Gasteiger partial charge in [0.1, 0.15) is 11.0 Å². The molecular formula is C18H18N4O4S. The largest absolute Gasteiger partial charge is 0.368 e. The van der Waals surface area contributed by atoms with Gasteiger partial charge in [0.2, 0.25) is 0 Å². The molecule has 1 aliphatic heterocycles. The summed E-state index contributed by atoms with van der Waals surface area (Å²) in [5.74, 6) is 0. The standard InChI is InChI=1S/C18H18N4O4S/c1-27(25,26)18-12-15(6-7-17(18)22(23)24)20-8-10-21(11-9-20)16-5-3-2-4-14(16)13-19/h2-7,12H,8-11H2,1H3. The number of nitrogens with zero attached hydrogens (tertiary/aromatic N) is 4. The second kappa shape index (κ2) is 7.25. The summed E-state index contributed by atoms with van der Waals surface area (Å²) >= 11 is 0. The van der Waals surface area contributed by atoms with Crippen molar-refractivity contribution in [2.75, 3.05) is 42.2 Å². The number of sulfone groups is 1. The summed E-state index contributed by atoms with van der Waals surface area (Å²) in [4.78, 5) is 14.3. The van der Waals surface area contributed by atoms with Gasteiger partial charge in [-0.1, -0.05) is 12.1 Å². The van der Waals surface area contributed by atoms with Crippen LogP contribution in [0.3, 0.4) is 0 Å². The molecule has 27 heavy (non-hydrogen) atoms. The Morgan fingerprint density at radius 3 is 2.30 bits per heavy atom. The highest BCUT2D eigenvalue weighted by molar-refractivity contribution is 7.90. The van der Waals surface area contributed by atoms with Crippen molar-refractivity contribution in [3.05, 3.63) is 58.1 Å². The molecule has 0 unspecified atom stereocenters. The molecule has 9 heteroatoms. The minimum absolute atomic E-state index is 0.276. The highest BCUT2D eigenvalue weighted by Gasteiger charge is 2.25. The Kier molecular flexibility index (Phi) is 5.01. The van der Waals surface area contributed by atoms with Gasteiger partial charge in [-0.25, -0.2) is 8.42 Å². The third-order valence-electron chi connectivity index (χ3n) is 4.55. The number of nitriles is 1. The van der Waals surface area contributed by atoms with Crippen LogP contribution in [0.15, 0.2) is 47.4 Å². The zero-order valence-corrected chi connectivity index (χ0v) is 15.5. The average molecular weight is 386 g/mol. The van der Waals surface area contributed by atoms with Crippen molar-refractivity contribution in [2.24, 2.45) is 0 Å². The summed E-state index contributed by atoms with van der Waals surface area (Å²) < 4.78 is 23.9. The average Bonchev–Trinajstić information content (AvgIpc) is 2.67. The third-order valence-corrected chi connectivity index (χ3v) is 5.68. The Bertz CT molecular complexity index is 1020. The molecule has 1 aliphatic rings. The third kappa shape index (κ3) is 3.85. The van der Waals surface area contributed by atoms with Gasteiger partial charge in [-0.2, -0.15) is 5.26 Å². The predicted octanol–water partition coefficient (Wildman–Crippen LogP) is 2.20. The van der Waals surface area contributed by atoms with Crippen LogP contribution in [0.4, 0.5) is 17.1 Å².